The first-order chi connectivity index (χ1) is 11.2. The molecule has 5 nitrogen and oxygen atoms in total. The largest absolute Gasteiger partial charge is 0.444 e. The van der Waals surface area contributed by atoms with E-state index in [1.54, 1.807) is 0 Å². The van der Waals surface area contributed by atoms with E-state index in [4.69, 9.17) is 4.74 Å². The first-order valence-corrected chi connectivity index (χ1v) is 9.14. The topological polar surface area (TPSA) is 47.4 Å². The highest BCUT2D eigenvalue weighted by molar-refractivity contribution is 9.10. The number of likely N-dealkylation sites (tertiary alicyclic amines) is 1. The number of aromatic nitrogens is 2. The number of pyridine rings is 1. The third kappa shape index (κ3) is 3.58. The molecular weight excluding hydrogens is 370 g/mol. The molecule has 3 heterocycles. The Hall–Kier alpha value is -1.56. The van der Waals surface area contributed by atoms with E-state index in [-0.39, 0.29) is 12.1 Å². The van der Waals surface area contributed by atoms with Crippen LogP contribution in [0.1, 0.15) is 45.2 Å². The first-order valence-electron chi connectivity index (χ1n) is 8.35. The molecule has 0 radical (unpaired) electrons. The van der Waals surface area contributed by atoms with E-state index in [2.05, 4.69) is 44.7 Å². The fraction of sp³-hybridized carbons (Fsp3) is 0.556. The molecular formula is C18H24BrN3O2. The van der Waals surface area contributed by atoms with Crippen LogP contribution in [0.4, 0.5) is 4.79 Å². The number of nitrogens with zero attached hydrogens (tertiary/aromatic N) is 3. The molecule has 6 heteroatoms. The number of hydrogen-bond acceptors (Lipinski definition) is 3. The van der Waals surface area contributed by atoms with Crippen molar-refractivity contribution in [1.29, 1.82) is 0 Å². The van der Waals surface area contributed by atoms with Gasteiger partial charge in [0.1, 0.15) is 11.2 Å². The summed E-state index contributed by atoms with van der Waals surface area (Å²) in [6, 6.07) is 2.33. The number of aryl methyl sites for hydroxylation is 1. The predicted octanol–water partition coefficient (Wildman–Crippen LogP) is 4.68. The normalized spacial score (nSPS) is 18.9. The number of piperidine rings is 1. The fourth-order valence-corrected chi connectivity index (χ4v) is 3.55. The van der Waals surface area contributed by atoms with Gasteiger partial charge in [-0.3, -0.25) is 0 Å². The molecule has 130 valence electrons. The second-order valence-electron chi connectivity index (χ2n) is 7.47. The van der Waals surface area contributed by atoms with Gasteiger partial charge in [-0.1, -0.05) is 0 Å². The Morgan fingerprint density at radius 1 is 1.42 bits per heavy atom. The third-order valence-electron chi connectivity index (χ3n) is 4.28. The molecule has 0 unspecified atom stereocenters. The van der Waals surface area contributed by atoms with Crippen molar-refractivity contribution in [2.24, 2.45) is 0 Å². The molecule has 0 N–H and O–H groups in total. The minimum atomic E-state index is -0.464. The lowest BCUT2D eigenvalue weighted by Crippen LogP contribution is -2.43. The zero-order valence-corrected chi connectivity index (χ0v) is 16.3. The summed E-state index contributed by atoms with van der Waals surface area (Å²) < 4.78 is 8.72. The highest BCUT2D eigenvalue weighted by Crippen LogP contribution is 2.30. The molecule has 1 amide bonds. The number of amides is 1. The van der Waals surface area contributed by atoms with Crippen molar-refractivity contribution in [3.63, 3.8) is 0 Å². The molecule has 1 atom stereocenters. The number of rotatable bonds is 1. The van der Waals surface area contributed by atoms with E-state index in [0.29, 0.717) is 6.54 Å². The molecule has 1 saturated heterocycles. The molecule has 3 rings (SSSR count). The maximum atomic E-state index is 12.4. The molecule has 24 heavy (non-hydrogen) atoms. The van der Waals surface area contributed by atoms with Gasteiger partial charge in [0.05, 0.1) is 6.04 Å². The minimum absolute atomic E-state index is 0.226. The van der Waals surface area contributed by atoms with Crippen molar-refractivity contribution in [3.8, 4) is 0 Å². The lowest BCUT2D eigenvalue weighted by Gasteiger charge is -2.34. The van der Waals surface area contributed by atoms with Gasteiger partial charge >= 0.3 is 6.09 Å². The second kappa shape index (κ2) is 6.39. The summed E-state index contributed by atoms with van der Waals surface area (Å²) in [7, 11) is 0. The highest BCUT2D eigenvalue weighted by Gasteiger charge is 2.29. The van der Waals surface area contributed by atoms with Crippen LogP contribution in [-0.2, 0) is 4.74 Å². The van der Waals surface area contributed by atoms with E-state index in [1.165, 1.54) is 5.56 Å². The van der Waals surface area contributed by atoms with Gasteiger partial charge in [-0.2, -0.15) is 0 Å². The van der Waals surface area contributed by atoms with Gasteiger partial charge in [0.25, 0.3) is 0 Å². The van der Waals surface area contributed by atoms with Crippen LogP contribution >= 0.6 is 15.9 Å². The Morgan fingerprint density at radius 3 is 2.88 bits per heavy atom. The van der Waals surface area contributed by atoms with E-state index in [0.717, 1.165) is 34.9 Å². The average molecular weight is 394 g/mol. The summed E-state index contributed by atoms with van der Waals surface area (Å²) in [6.45, 7) is 9.21. The number of halogens is 1. The Kier molecular flexibility index (Phi) is 4.60. The molecule has 0 bridgehead atoms. The second-order valence-corrected chi connectivity index (χ2v) is 8.38. The van der Waals surface area contributed by atoms with Crippen molar-refractivity contribution in [2.75, 3.05) is 13.1 Å². The standard InChI is InChI=1S/C18H24BrN3O2/c1-12-10-22(16-15(12)8-13(19)9-20-16)14-6-5-7-21(11-14)17(23)24-18(2,3)4/h8-10,14H,5-7,11H2,1-4H3/t14-/m0/s1. The van der Waals surface area contributed by atoms with Crippen LogP contribution in [-0.4, -0.2) is 39.2 Å². The monoisotopic (exact) mass is 393 g/mol. The maximum absolute atomic E-state index is 12.4. The van der Waals surface area contributed by atoms with E-state index < -0.39 is 5.60 Å². The molecule has 1 fully saturated rings. The molecule has 1 aliphatic rings. The molecule has 0 aromatic carbocycles. The number of ether oxygens (including phenoxy) is 1. The van der Waals surface area contributed by atoms with Crippen molar-refractivity contribution in [1.82, 2.24) is 14.5 Å². The Balaban J connectivity index is 1.84. The van der Waals surface area contributed by atoms with Gasteiger partial charge in [-0.25, -0.2) is 9.78 Å². The number of hydrogen-bond donors (Lipinski definition) is 0. The van der Waals surface area contributed by atoms with Crippen LogP contribution in [0.15, 0.2) is 22.9 Å². The Morgan fingerprint density at radius 2 is 2.17 bits per heavy atom. The van der Waals surface area contributed by atoms with Crippen LogP contribution < -0.4 is 0 Å². The molecule has 2 aromatic heterocycles. The molecule has 0 spiro atoms. The molecule has 0 saturated carbocycles. The van der Waals surface area contributed by atoms with E-state index in [1.807, 2.05) is 31.9 Å². The van der Waals surface area contributed by atoms with Gasteiger partial charge in [0, 0.05) is 35.3 Å². The SMILES string of the molecule is Cc1cn([C@H]2CCCN(C(=O)OC(C)(C)C)C2)c2ncc(Br)cc12. The van der Waals surface area contributed by atoms with Crippen molar-refractivity contribution in [3.05, 3.63) is 28.5 Å². The summed E-state index contributed by atoms with van der Waals surface area (Å²) >= 11 is 3.49. The van der Waals surface area contributed by atoms with Crippen LogP contribution in [0.2, 0.25) is 0 Å². The summed E-state index contributed by atoms with van der Waals surface area (Å²) in [6.07, 6.45) is 5.76. The number of carbonyl (C=O) groups excluding carboxylic acids is 1. The maximum Gasteiger partial charge on any atom is 0.410 e. The van der Waals surface area contributed by atoms with E-state index in [9.17, 15) is 4.79 Å². The molecule has 0 aliphatic carbocycles. The lowest BCUT2D eigenvalue weighted by atomic mass is 10.1. The number of fused-ring (bicyclic) bond motifs is 1. The summed E-state index contributed by atoms with van der Waals surface area (Å²) in [5.74, 6) is 0. The third-order valence-corrected chi connectivity index (χ3v) is 4.71. The van der Waals surface area contributed by atoms with Crippen molar-refractivity contribution < 1.29 is 9.53 Å². The van der Waals surface area contributed by atoms with Crippen LogP contribution in [0, 0.1) is 6.92 Å². The van der Waals surface area contributed by atoms with Gasteiger partial charge < -0.3 is 14.2 Å². The summed E-state index contributed by atoms with van der Waals surface area (Å²) in [5.41, 5.74) is 1.72. The fourth-order valence-electron chi connectivity index (χ4n) is 3.22. The van der Waals surface area contributed by atoms with Crippen LogP contribution in [0.3, 0.4) is 0 Å². The number of carbonyl (C=O) groups is 1. The van der Waals surface area contributed by atoms with Gasteiger partial charge in [0.15, 0.2) is 0 Å². The van der Waals surface area contributed by atoms with Crippen LogP contribution in [0.25, 0.3) is 11.0 Å². The smallest absolute Gasteiger partial charge is 0.410 e. The lowest BCUT2D eigenvalue weighted by molar-refractivity contribution is 0.0174. The quantitative estimate of drug-likeness (QED) is 0.706. The van der Waals surface area contributed by atoms with E-state index >= 15 is 0 Å². The van der Waals surface area contributed by atoms with Gasteiger partial charge in [0.2, 0.25) is 0 Å². The summed E-state index contributed by atoms with van der Waals surface area (Å²) in [5, 5.41) is 1.15. The Labute approximate surface area is 151 Å². The Bertz CT molecular complexity index is 763. The average Bonchev–Trinajstić information content (AvgIpc) is 2.82. The van der Waals surface area contributed by atoms with Gasteiger partial charge in [-0.15, -0.1) is 0 Å². The molecule has 2 aromatic rings. The zero-order chi connectivity index (χ0) is 17.5. The zero-order valence-electron chi connectivity index (χ0n) is 14.7. The van der Waals surface area contributed by atoms with Crippen molar-refractivity contribution >= 4 is 33.1 Å². The van der Waals surface area contributed by atoms with Gasteiger partial charge in [-0.05, 0) is 68.1 Å². The molecule has 1 aliphatic heterocycles. The minimum Gasteiger partial charge on any atom is -0.444 e. The first kappa shape index (κ1) is 17.3. The highest BCUT2D eigenvalue weighted by atomic mass is 79.9. The van der Waals surface area contributed by atoms with Crippen molar-refractivity contribution in [2.45, 2.75) is 52.2 Å². The summed E-state index contributed by atoms with van der Waals surface area (Å²) in [4.78, 5) is 18.8. The predicted molar refractivity (Wildman–Crippen MR) is 98.2 cm³/mol. The van der Waals surface area contributed by atoms with Crippen LogP contribution in [0.5, 0.6) is 0 Å².